The molecule has 2 aromatic rings. The molecule has 22 heavy (non-hydrogen) atoms. The predicted octanol–water partition coefficient (Wildman–Crippen LogP) is 3.16. The Morgan fingerprint density at radius 3 is 2.41 bits per heavy atom. The van der Waals surface area contributed by atoms with Crippen molar-refractivity contribution in [1.29, 1.82) is 0 Å². The number of rotatable bonds is 5. The summed E-state index contributed by atoms with van der Waals surface area (Å²) >= 11 is 0. The molecule has 116 valence electrons. The Labute approximate surface area is 132 Å². The second kappa shape index (κ2) is 7.43. The molecule has 1 aliphatic rings. The lowest BCUT2D eigenvalue weighted by Gasteiger charge is -2.28. The van der Waals surface area contributed by atoms with Gasteiger partial charge >= 0.3 is 0 Å². The van der Waals surface area contributed by atoms with Crippen LogP contribution in [0.25, 0.3) is 11.1 Å². The van der Waals surface area contributed by atoms with E-state index in [1.165, 1.54) is 16.7 Å². The zero-order valence-electron chi connectivity index (χ0n) is 13.2. The molecular weight excluding hydrogens is 272 g/mol. The number of para-hydroxylation sites is 1. The molecule has 0 spiro atoms. The molecule has 3 nitrogen and oxygen atoms in total. The Bertz CT molecular complexity index is 606. The SMILES string of the molecule is CCOc1ccccc1-c1ccccc1CN1CCNCC1. The Morgan fingerprint density at radius 1 is 0.955 bits per heavy atom. The third-order valence-electron chi connectivity index (χ3n) is 4.10. The minimum atomic E-state index is 0.691. The zero-order chi connectivity index (χ0) is 15.2. The highest BCUT2D eigenvalue weighted by atomic mass is 16.5. The summed E-state index contributed by atoms with van der Waals surface area (Å²) in [7, 11) is 0. The molecule has 1 N–H and O–H groups in total. The van der Waals surface area contributed by atoms with Crippen LogP contribution < -0.4 is 10.1 Å². The number of piperazine rings is 1. The highest BCUT2D eigenvalue weighted by Gasteiger charge is 2.14. The molecule has 2 aromatic carbocycles. The van der Waals surface area contributed by atoms with Gasteiger partial charge in [-0.25, -0.2) is 0 Å². The van der Waals surface area contributed by atoms with E-state index in [-0.39, 0.29) is 0 Å². The fourth-order valence-corrected chi connectivity index (χ4v) is 3.00. The minimum Gasteiger partial charge on any atom is -0.493 e. The lowest BCUT2D eigenvalue weighted by Crippen LogP contribution is -2.42. The smallest absolute Gasteiger partial charge is 0.127 e. The van der Waals surface area contributed by atoms with Crippen LogP contribution in [-0.2, 0) is 6.54 Å². The number of nitrogens with zero attached hydrogens (tertiary/aromatic N) is 1. The van der Waals surface area contributed by atoms with Crippen molar-refractivity contribution in [1.82, 2.24) is 10.2 Å². The summed E-state index contributed by atoms with van der Waals surface area (Å²) in [4.78, 5) is 2.51. The van der Waals surface area contributed by atoms with Crippen molar-refractivity contribution in [2.24, 2.45) is 0 Å². The van der Waals surface area contributed by atoms with Gasteiger partial charge in [-0.15, -0.1) is 0 Å². The summed E-state index contributed by atoms with van der Waals surface area (Å²) in [6.45, 7) is 8.11. The van der Waals surface area contributed by atoms with E-state index in [2.05, 4.69) is 52.7 Å². The van der Waals surface area contributed by atoms with Gasteiger partial charge in [0.15, 0.2) is 0 Å². The van der Waals surface area contributed by atoms with Crippen molar-refractivity contribution in [2.45, 2.75) is 13.5 Å². The van der Waals surface area contributed by atoms with Crippen LogP contribution in [0.15, 0.2) is 48.5 Å². The quantitative estimate of drug-likeness (QED) is 0.917. The number of benzene rings is 2. The van der Waals surface area contributed by atoms with Crippen LogP contribution in [0.5, 0.6) is 5.75 Å². The first-order valence-electron chi connectivity index (χ1n) is 8.11. The fourth-order valence-electron chi connectivity index (χ4n) is 3.00. The number of hydrogen-bond acceptors (Lipinski definition) is 3. The van der Waals surface area contributed by atoms with Crippen molar-refractivity contribution in [3.8, 4) is 16.9 Å². The fraction of sp³-hybridized carbons (Fsp3) is 0.368. The molecule has 0 amide bonds. The number of ether oxygens (including phenoxy) is 1. The van der Waals surface area contributed by atoms with Gasteiger partial charge in [0.2, 0.25) is 0 Å². The van der Waals surface area contributed by atoms with Gasteiger partial charge in [-0.1, -0.05) is 42.5 Å². The van der Waals surface area contributed by atoms with Crippen LogP contribution >= 0.6 is 0 Å². The highest BCUT2D eigenvalue weighted by molar-refractivity contribution is 5.73. The van der Waals surface area contributed by atoms with Gasteiger partial charge in [0, 0.05) is 38.3 Å². The normalized spacial score (nSPS) is 15.7. The minimum absolute atomic E-state index is 0.691. The highest BCUT2D eigenvalue weighted by Crippen LogP contribution is 2.32. The first-order chi connectivity index (χ1) is 10.9. The average Bonchev–Trinajstić information content (AvgIpc) is 2.57. The van der Waals surface area contributed by atoms with Gasteiger partial charge in [-0.2, -0.15) is 0 Å². The maximum Gasteiger partial charge on any atom is 0.127 e. The van der Waals surface area contributed by atoms with E-state index in [1.807, 2.05) is 13.0 Å². The lowest BCUT2D eigenvalue weighted by molar-refractivity contribution is 0.233. The summed E-state index contributed by atoms with van der Waals surface area (Å²) in [5.41, 5.74) is 3.84. The molecule has 0 unspecified atom stereocenters. The van der Waals surface area contributed by atoms with E-state index in [0.29, 0.717) is 6.61 Å². The molecule has 1 fully saturated rings. The molecule has 1 heterocycles. The third-order valence-corrected chi connectivity index (χ3v) is 4.10. The molecule has 0 aliphatic carbocycles. The Balaban J connectivity index is 1.90. The standard InChI is InChI=1S/C19H24N2O/c1-2-22-19-10-6-5-9-18(19)17-8-4-3-7-16(17)15-21-13-11-20-12-14-21/h3-10,20H,2,11-15H2,1H3. The van der Waals surface area contributed by atoms with Gasteiger partial charge in [0.25, 0.3) is 0 Å². The van der Waals surface area contributed by atoms with Crippen molar-refractivity contribution in [3.05, 3.63) is 54.1 Å². The molecule has 3 heteroatoms. The summed E-state index contributed by atoms with van der Waals surface area (Å²) in [6.07, 6.45) is 0. The van der Waals surface area contributed by atoms with Crippen LogP contribution in [0.2, 0.25) is 0 Å². The third kappa shape index (κ3) is 3.49. The van der Waals surface area contributed by atoms with Crippen molar-refractivity contribution in [2.75, 3.05) is 32.8 Å². The molecule has 0 saturated carbocycles. The van der Waals surface area contributed by atoms with Gasteiger partial charge in [-0.3, -0.25) is 4.90 Å². The van der Waals surface area contributed by atoms with E-state index in [1.54, 1.807) is 0 Å². The van der Waals surface area contributed by atoms with Crippen molar-refractivity contribution >= 4 is 0 Å². The Morgan fingerprint density at radius 2 is 1.64 bits per heavy atom. The number of hydrogen-bond donors (Lipinski definition) is 1. The maximum atomic E-state index is 5.81. The molecule has 0 bridgehead atoms. The summed E-state index contributed by atoms with van der Waals surface area (Å²) < 4.78 is 5.81. The van der Waals surface area contributed by atoms with Crippen molar-refractivity contribution < 1.29 is 4.74 Å². The first kappa shape index (κ1) is 15.1. The van der Waals surface area contributed by atoms with E-state index < -0.39 is 0 Å². The molecule has 1 saturated heterocycles. The van der Waals surface area contributed by atoms with E-state index >= 15 is 0 Å². The van der Waals surface area contributed by atoms with Crippen LogP contribution in [0.3, 0.4) is 0 Å². The van der Waals surface area contributed by atoms with Crippen LogP contribution in [-0.4, -0.2) is 37.7 Å². The van der Waals surface area contributed by atoms with E-state index in [9.17, 15) is 0 Å². The van der Waals surface area contributed by atoms with E-state index in [0.717, 1.165) is 38.5 Å². The summed E-state index contributed by atoms with van der Waals surface area (Å²) in [5, 5.41) is 3.41. The summed E-state index contributed by atoms with van der Waals surface area (Å²) in [6, 6.07) is 17.0. The van der Waals surface area contributed by atoms with Crippen LogP contribution in [0, 0.1) is 0 Å². The van der Waals surface area contributed by atoms with Gasteiger partial charge in [-0.05, 0) is 24.1 Å². The molecule has 3 rings (SSSR count). The number of nitrogens with one attached hydrogen (secondary N) is 1. The van der Waals surface area contributed by atoms with Gasteiger partial charge in [0.1, 0.15) is 5.75 Å². The topological polar surface area (TPSA) is 24.5 Å². The van der Waals surface area contributed by atoms with Crippen LogP contribution in [0.1, 0.15) is 12.5 Å². The second-order valence-corrected chi connectivity index (χ2v) is 5.61. The largest absolute Gasteiger partial charge is 0.493 e. The summed E-state index contributed by atoms with van der Waals surface area (Å²) in [5.74, 6) is 0.970. The van der Waals surface area contributed by atoms with Gasteiger partial charge < -0.3 is 10.1 Å². The monoisotopic (exact) mass is 296 g/mol. The first-order valence-corrected chi connectivity index (χ1v) is 8.11. The average molecular weight is 296 g/mol. The maximum absolute atomic E-state index is 5.81. The van der Waals surface area contributed by atoms with E-state index in [4.69, 9.17) is 4.74 Å². The Kier molecular flexibility index (Phi) is 5.09. The molecule has 0 atom stereocenters. The molecular formula is C19H24N2O. The molecule has 1 aliphatic heterocycles. The molecule has 0 aromatic heterocycles. The van der Waals surface area contributed by atoms with Crippen LogP contribution in [0.4, 0.5) is 0 Å². The predicted molar refractivity (Wildman–Crippen MR) is 91.2 cm³/mol. The Hall–Kier alpha value is -1.84. The zero-order valence-corrected chi connectivity index (χ0v) is 13.2. The lowest BCUT2D eigenvalue weighted by atomic mass is 9.98. The van der Waals surface area contributed by atoms with Crippen molar-refractivity contribution in [3.63, 3.8) is 0 Å². The van der Waals surface area contributed by atoms with Gasteiger partial charge in [0.05, 0.1) is 6.61 Å². The molecule has 0 radical (unpaired) electrons. The second-order valence-electron chi connectivity index (χ2n) is 5.61.